The number of nitrogens with one attached hydrogen (secondary N) is 1. The van der Waals surface area contributed by atoms with E-state index < -0.39 is 0 Å². The average Bonchev–Trinajstić information content (AvgIpc) is 3.14. The molecular formula is C16H17N3O3. The zero-order valence-electron chi connectivity index (χ0n) is 12.7. The Kier molecular flexibility index (Phi) is 3.66. The average molecular weight is 299 g/mol. The van der Waals surface area contributed by atoms with Crippen molar-refractivity contribution in [2.24, 2.45) is 0 Å². The molecule has 0 spiro atoms. The molecule has 3 rings (SSSR count). The molecule has 0 radical (unpaired) electrons. The minimum absolute atomic E-state index is 0.184. The van der Waals surface area contributed by atoms with Gasteiger partial charge >= 0.3 is 0 Å². The van der Waals surface area contributed by atoms with Crippen molar-refractivity contribution in [3.63, 3.8) is 0 Å². The largest absolute Gasteiger partial charge is 0.438 e. The number of amides is 1. The standard InChI is InChI=1S/C16H17N3O3/c1-9(2)14-8-12(19-22-14)15(20)17-10(3)16-18-11-6-4-5-7-13(11)21-16/h4-10H,1-3H3,(H,17,20). The summed E-state index contributed by atoms with van der Waals surface area (Å²) in [5, 5.41) is 6.60. The predicted molar refractivity (Wildman–Crippen MR) is 80.5 cm³/mol. The van der Waals surface area contributed by atoms with Crippen molar-refractivity contribution in [2.45, 2.75) is 32.7 Å². The molecule has 0 aliphatic heterocycles. The molecule has 6 nitrogen and oxygen atoms in total. The van der Waals surface area contributed by atoms with E-state index in [-0.39, 0.29) is 23.6 Å². The van der Waals surface area contributed by atoms with Gasteiger partial charge in [0.15, 0.2) is 11.3 Å². The number of para-hydroxylation sites is 2. The third-order valence-electron chi connectivity index (χ3n) is 3.36. The third-order valence-corrected chi connectivity index (χ3v) is 3.36. The van der Waals surface area contributed by atoms with E-state index in [1.165, 1.54) is 0 Å². The van der Waals surface area contributed by atoms with Gasteiger partial charge in [-0.05, 0) is 19.1 Å². The normalized spacial score (nSPS) is 12.7. The van der Waals surface area contributed by atoms with E-state index in [0.717, 1.165) is 5.52 Å². The molecule has 2 aromatic heterocycles. The maximum atomic E-state index is 12.2. The second-order valence-corrected chi connectivity index (χ2v) is 5.48. The monoisotopic (exact) mass is 299 g/mol. The molecule has 3 aromatic rings. The molecule has 1 unspecified atom stereocenters. The minimum Gasteiger partial charge on any atom is -0.438 e. The predicted octanol–water partition coefficient (Wildman–Crippen LogP) is 3.43. The van der Waals surface area contributed by atoms with E-state index in [9.17, 15) is 4.79 Å². The molecular weight excluding hydrogens is 282 g/mol. The highest BCUT2D eigenvalue weighted by atomic mass is 16.5. The lowest BCUT2D eigenvalue weighted by atomic mass is 10.1. The topological polar surface area (TPSA) is 81.2 Å². The Morgan fingerprint density at radius 1 is 1.23 bits per heavy atom. The fourth-order valence-corrected chi connectivity index (χ4v) is 2.08. The van der Waals surface area contributed by atoms with Gasteiger partial charge in [0, 0.05) is 12.0 Å². The zero-order chi connectivity index (χ0) is 15.7. The Labute approximate surface area is 127 Å². The second-order valence-electron chi connectivity index (χ2n) is 5.48. The number of fused-ring (bicyclic) bond motifs is 1. The maximum absolute atomic E-state index is 12.2. The van der Waals surface area contributed by atoms with Gasteiger partial charge in [-0.3, -0.25) is 4.79 Å². The Balaban J connectivity index is 1.75. The number of aromatic nitrogens is 2. The molecule has 0 aliphatic rings. The van der Waals surface area contributed by atoms with Crippen LogP contribution in [0.2, 0.25) is 0 Å². The summed E-state index contributed by atoms with van der Waals surface area (Å²) in [7, 11) is 0. The van der Waals surface area contributed by atoms with Crippen LogP contribution in [-0.2, 0) is 0 Å². The summed E-state index contributed by atoms with van der Waals surface area (Å²) in [5.41, 5.74) is 1.72. The van der Waals surface area contributed by atoms with Gasteiger partial charge in [0.05, 0.1) is 0 Å². The van der Waals surface area contributed by atoms with Crippen LogP contribution in [0, 0.1) is 0 Å². The molecule has 0 aliphatic carbocycles. The summed E-state index contributed by atoms with van der Waals surface area (Å²) < 4.78 is 10.8. The molecule has 114 valence electrons. The maximum Gasteiger partial charge on any atom is 0.274 e. The molecule has 1 aromatic carbocycles. The van der Waals surface area contributed by atoms with Crippen LogP contribution >= 0.6 is 0 Å². The summed E-state index contributed by atoms with van der Waals surface area (Å²) in [6, 6.07) is 8.76. The zero-order valence-corrected chi connectivity index (χ0v) is 12.7. The van der Waals surface area contributed by atoms with Crippen molar-refractivity contribution in [1.29, 1.82) is 0 Å². The van der Waals surface area contributed by atoms with E-state index in [0.29, 0.717) is 17.2 Å². The number of carbonyl (C=O) groups is 1. The molecule has 0 fully saturated rings. The molecule has 0 bridgehead atoms. The summed E-state index contributed by atoms with van der Waals surface area (Å²) in [6.45, 7) is 5.76. The van der Waals surface area contributed by atoms with Crippen molar-refractivity contribution in [2.75, 3.05) is 0 Å². The number of nitrogens with zero attached hydrogens (tertiary/aromatic N) is 2. The lowest BCUT2D eigenvalue weighted by Crippen LogP contribution is -2.27. The first-order valence-corrected chi connectivity index (χ1v) is 7.17. The number of hydrogen-bond donors (Lipinski definition) is 1. The second kappa shape index (κ2) is 5.63. The van der Waals surface area contributed by atoms with Crippen LogP contribution in [0.4, 0.5) is 0 Å². The highest BCUT2D eigenvalue weighted by Crippen LogP contribution is 2.20. The van der Waals surface area contributed by atoms with Crippen LogP contribution in [0.25, 0.3) is 11.1 Å². The molecule has 1 N–H and O–H groups in total. The van der Waals surface area contributed by atoms with Crippen molar-refractivity contribution in [3.05, 3.63) is 47.7 Å². The molecule has 1 amide bonds. The van der Waals surface area contributed by atoms with Crippen molar-refractivity contribution >= 4 is 17.0 Å². The van der Waals surface area contributed by atoms with Gasteiger partial charge < -0.3 is 14.3 Å². The summed E-state index contributed by atoms with van der Waals surface area (Å²) in [5.74, 6) is 1.01. The lowest BCUT2D eigenvalue weighted by molar-refractivity contribution is 0.0925. The third kappa shape index (κ3) is 2.72. The lowest BCUT2D eigenvalue weighted by Gasteiger charge is -2.08. The quantitative estimate of drug-likeness (QED) is 0.798. The van der Waals surface area contributed by atoms with Gasteiger partial charge in [-0.25, -0.2) is 4.98 Å². The van der Waals surface area contributed by atoms with Gasteiger partial charge in [-0.2, -0.15) is 0 Å². The first kappa shape index (κ1) is 14.3. The molecule has 0 saturated carbocycles. The van der Waals surface area contributed by atoms with Crippen LogP contribution in [0.15, 0.2) is 39.3 Å². The number of benzene rings is 1. The van der Waals surface area contributed by atoms with Crippen LogP contribution in [0.3, 0.4) is 0 Å². The molecule has 1 atom stereocenters. The number of oxazole rings is 1. The molecule has 6 heteroatoms. The summed E-state index contributed by atoms with van der Waals surface area (Å²) >= 11 is 0. The van der Waals surface area contributed by atoms with E-state index >= 15 is 0 Å². The number of carbonyl (C=O) groups excluding carboxylic acids is 1. The Morgan fingerprint density at radius 2 is 2.00 bits per heavy atom. The highest BCUT2D eigenvalue weighted by Gasteiger charge is 2.20. The van der Waals surface area contributed by atoms with E-state index in [2.05, 4.69) is 15.5 Å². The summed E-state index contributed by atoms with van der Waals surface area (Å²) in [4.78, 5) is 16.5. The highest BCUT2D eigenvalue weighted by molar-refractivity contribution is 5.92. The fraction of sp³-hybridized carbons (Fsp3) is 0.312. The first-order chi connectivity index (χ1) is 10.5. The van der Waals surface area contributed by atoms with E-state index in [1.54, 1.807) is 6.07 Å². The van der Waals surface area contributed by atoms with Gasteiger partial charge in [-0.15, -0.1) is 0 Å². The Hall–Kier alpha value is -2.63. The molecule has 2 heterocycles. The van der Waals surface area contributed by atoms with Crippen LogP contribution in [0.5, 0.6) is 0 Å². The van der Waals surface area contributed by atoms with Crippen LogP contribution in [-0.4, -0.2) is 16.0 Å². The number of hydrogen-bond acceptors (Lipinski definition) is 5. The molecule has 22 heavy (non-hydrogen) atoms. The Bertz CT molecular complexity index is 771. The van der Waals surface area contributed by atoms with Gasteiger partial charge in [0.25, 0.3) is 5.91 Å². The van der Waals surface area contributed by atoms with Crippen molar-refractivity contribution in [3.8, 4) is 0 Å². The van der Waals surface area contributed by atoms with E-state index in [4.69, 9.17) is 8.94 Å². The van der Waals surface area contributed by atoms with Gasteiger partial charge in [0.1, 0.15) is 17.3 Å². The van der Waals surface area contributed by atoms with E-state index in [1.807, 2.05) is 45.0 Å². The fourth-order valence-electron chi connectivity index (χ4n) is 2.08. The van der Waals surface area contributed by atoms with Crippen LogP contribution in [0.1, 0.15) is 54.9 Å². The smallest absolute Gasteiger partial charge is 0.274 e. The SMILES string of the molecule is CC(C)c1cc(C(=O)NC(C)c2nc3ccccc3o2)no1. The van der Waals surface area contributed by atoms with Crippen molar-refractivity contribution in [1.82, 2.24) is 15.5 Å². The number of rotatable bonds is 4. The van der Waals surface area contributed by atoms with Crippen LogP contribution < -0.4 is 5.32 Å². The Morgan fingerprint density at radius 3 is 2.68 bits per heavy atom. The first-order valence-electron chi connectivity index (χ1n) is 7.17. The molecule has 0 saturated heterocycles. The minimum atomic E-state index is -0.362. The summed E-state index contributed by atoms with van der Waals surface area (Å²) in [6.07, 6.45) is 0. The van der Waals surface area contributed by atoms with Gasteiger partial charge in [0.2, 0.25) is 5.89 Å². The van der Waals surface area contributed by atoms with Gasteiger partial charge in [-0.1, -0.05) is 31.1 Å². The van der Waals surface area contributed by atoms with Crippen molar-refractivity contribution < 1.29 is 13.7 Å².